The van der Waals surface area contributed by atoms with E-state index in [2.05, 4.69) is 29.0 Å². The summed E-state index contributed by atoms with van der Waals surface area (Å²) in [4.78, 5) is 2.45. The van der Waals surface area contributed by atoms with Crippen molar-refractivity contribution in [3.63, 3.8) is 0 Å². The molecular formula is C11H22N2S. The fourth-order valence-corrected chi connectivity index (χ4v) is 3.48. The minimum Gasteiger partial charge on any atom is -0.313 e. The third-order valence-corrected chi connectivity index (χ3v) is 4.63. The van der Waals surface area contributed by atoms with E-state index in [-0.39, 0.29) is 0 Å². The average Bonchev–Trinajstić information content (AvgIpc) is 2.70. The summed E-state index contributed by atoms with van der Waals surface area (Å²) in [5.74, 6) is 3.65. The minimum atomic E-state index is 0.819. The van der Waals surface area contributed by atoms with E-state index in [1.165, 1.54) is 50.4 Å². The van der Waals surface area contributed by atoms with Gasteiger partial charge in [-0.2, -0.15) is 11.8 Å². The van der Waals surface area contributed by atoms with E-state index < -0.39 is 0 Å². The maximum atomic E-state index is 3.73. The molecule has 0 aromatic rings. The number of hydrogen-bond acceptors (Lipinski definition) is 3. The van der Waals surface area contributed by atoms with Crippen LogP contribution in [0.25, 0.3) is 0 Å². The van der Waals surface area contributed by atoms with Crippen LogP contribution in [0.4, 0.5) is 0 Å². The van der Waals surface area contributed by atoms with Crippen molar-refractivity contribution in [2.45, 2.75) is 25.3 Å². The molecule has 2 saturated heterocycles. The molecule has 1 unspecified atom stereocenters. The van der Waals surface area contributed by atoms with Gasteiger partial charge in [0.15, 0.2) is 0 Å². The highest BCUT2D eigenvalue weighted by atomic mass is 32.2. The molecule has 3 heteroatoms. The molecule has 0 aliphatic carbocycles. The smallest absolute Gasteiger partial charge is 0.0166 e. The van der Waals surface area contributed by atoms with E-state index in [9.17, 15) is 0 Å². The van der Waals surface area contributed by atoms with E-state index in [0.29, 0.717) is 0 Å². The number of nitrogens with zero attached hydrogens (tertiary/aromatic N) is 1. The van der Waals surface area contributed by atoms with E-state index in [4.69, 9.17) is 0 Å². The first-order valence-electron chi connectivity index (χ1n) is 5.84. The molecule has 2 fully saturated rings. The lowest BCUT2D eigenvalue weighted by Gasteiger charge is -2.29. The van der Waals surface area contributed by atoms with Crippen LogP contribution in [-0.2, 0) is 0 Å². The molecule has 0 radical (unpaired) electrons. The molecule has 1 N–H and O–H groups in total. The Bertz CT molecular complexity index is 161. The van der Waals surface area contributed by atoms with Gasteiger partial charge in [-0.3, -0.25) is 0 Å². The van der Waals surface area contributed by atoms with Crippen LogP contribution in [0.3, 0.4) is 0 Å². The summed E-state index contributed by atoms with van der Waals surface area (Å²) in [7, 11) is 2.23. The van der Waals surface area contributed by atoms with Crippen molar-refractivity contribution in [2.24, 2.45) is 5.92 Å². The normalized spacial score (nSPS) is 31.1. The highest BCUT2D eigenvalue weighted by molar-refractivity contribution is 7.99. The molecule has 1 atom stereocenters. The quantitative estimate of drug-likeness (QED) is 0.765. The molecule has 0 aromatic carbocycles. The fraction of sp³-hybridized carbons (Fsp3) is 1.00. The summed E-state index contributed by atoms with van der Waals surface area (Å²) in [5, 5.41) is 3.73. The molecule has 0 bridgehead atoms. The van der Waals surface area contributed by atoms with Crippen LogP contribution >= 0.6 is 11.8 Å². The molecule has 2 rings (SSSR count). The Morgan fingerprint density at radius 2 is 2.07 bits per heavy atom. The van der Waals surface area contributed by atoms with Crippen LogP contribution in [0.2, 0.25) is 0 Å². The molecule has 82 valence electrons. The monoisotopic (exact) mass is 214 g/mol. The van der Waals surface area contributed by atoms with Crippen LogP contribution < -0.4 is 5.32 Å². The second-order valence-electron chi connectivity index (χ2n) is 4.72. The lowest BCUT2D eigenvalue weighted by Crippen LogP contribution is -2.38. The van der Waals surface area contributed by atoms with Crippen LogP contribution in [0.5, 0.6) is 0 Å². The van der Waals surface area contributed by atoms with Gasteiger partial charge >= 0.3 is 0 Å². The Hall–Kier alpha value is 0.270. The molecule has 0 aromatic heterocycles. The summed E-state index contributed by atoms with van der Waals surface area (Å²) in [5.41, 5.74) is 0. The average molecular weight is 214 g/mol. The highest BCUT2D eigenvalue weighted by Gasteiger charge is 2.19. The molecule has 2 nitrogen and oxygen atoms in total. The number of thioether (sulfide) groups is 1. The SMILES string of the molecule is CN1CCC(CNC2CCSC2)CC1. The van der Waals surface area contributed by atoms with Gasteiger partial charge in [0.2, 0.25) is 0 Å². The lowest BCUT2D eigenvalue weighted by molar-refractivity contribution is 0.213. The topological polar surface area (TPSA) is 15.3 Å². The van der Waals surface area contributed by atoms with Gasteiger partial charge in [-0.25, -0.2) is 0 Å². The zero-order valence-corrected chi connectivity index (χ0v) is 9.98. The van der Waals surface area contributed by atoms with Gasteiger partial charge in [-0.15, -0.1) is 0 Å². The molecule has 2 heterocycles. The number of hydrogen-bond donors (Lipinski definition) is 1. The Morgan fingerprint density at radius 1 is 1.29 bits per heavy atom. The van der Waals surface area contributed by atoms with Crippen molar-refractivity contribution in [1.82, 2.24) is 10.2 Å². The van der Waals surface area contributed by atoms with Gasteiger partial charge in [0.05, 0.1) is 0 Å². The number of nitrogens with one attached hydrogen (secondary N) is 1. The molecule has 2 aliphatic heterocycles. The lowest BCUT2D eigenvalue weighted by atomic mass is 9.97. The van der Waals surface area contributed by atoms with Crippen molar-refractivity contribution in [3.05, 3.63) is 0 Å². The standard InChI is InChI=1S/C11H22N2S/c1-13-5-2-10(3-6-13)8-12-11-4-7-14-9-11/h10-12H,2-9H2,1H3. The predicted octanol–water partition coefficient (Wildman–Crippen LogP) is 1.42. The summed E-state index contributed by atoms with van der Waals surface area (Å²) in [6.07, 6.45) is 4.17. The second kappa shape index (κ2) is 5.38. The van der Waals surface area contributed by atoms with E-state index in [0.717, 1.165) is 12.0 Å². The Morgan fingerprint density at radius 3 is 2.71 bits per heavy atom. The van der Waals surface area contributed by atoms with Crippen LogP contribution in [0, 0.1) is 5.92 Å². The Balaban J connectivity index is 1.60. The molecule has 0 spiro atoms. The van der Waals surface area contributed by atoms with Gasteiger partial charge in [0.25, 0.3) is 0 Å². The van der Waals surface area contributed by atoms with E-state index >= 15 is 0 Å². The van der Waals surface area contributed by atoms with Crippen molar-refractivity contribution in [3.8, 4) is 0 Å². The summed E-state index contributed by atoms with van der Waals surface area (Å²) in [6, 6.07) is 0.819. The maximum Gasteiger partial charge on any atom is 0.0166 e. The zero-order valence-electron chi connectivity index (χ0n) is 9.17. The van der Waals surface area contributed by atoms with Crippen LogP contribution in [0.15, 0.2) is 0 Å². The van der Waals surface area contributed by atoms with Gasteiger partial charge in [-0.1, -0.05) is 0 Å². The summed E-state index contributed by atoms with van der Waals surface area (Å²) in [6.45, 7) is 3.86. The first kappa shape index (κ1) is 10.8. The third-order valence-electron chi connectivity index (χ3n) is 3.46. The fourth-order valence-electron chi connectivity index (χ4n) is 2.30. The largest absolute Gasteiger partial charge is 0.313 e. The molecular weight excluding hydrogens is 192 g/mol. The van der Waals surface area contributed by atoms with Gasteiger partial charge in [0, 0.05) is 11.8 Å². The van der Waals surface area contributed by atoms with Crippen molar-refractivity contribution < 1.29 is 0 Å². The van der Waals surface area contributed by atoms with Crippen molar-refractivity contribution >= 4 is 11.8 Å². The van der Waals surface area contributed by atoms with Crippen LogP contribution in [0.1, 0.15) is 19.3 Å². The number of rotatable bonds is 3. The van der Waals surface area contributed by atoms with Gasteiger partial charge in [-0.05, 0) is 57.6 Å². The van der Waals surface area contributed by atoms with Crippen molar-refractivity contribution in [2.75, 3.05) is 38.2 Å². The van der Waals surface area contributed by atoms with Crippen molar-refractivity contribution in [1.29, 1.82) is 0 Å². The van der Waals surface area contributed by atoms with Gasteiger partial charge in [0.1, 0.15) is 0 Å². The zero-order chi connectivity index (χ0) is 9.80. The van der Waals surface area contributed by atoms with Crippen LogP contribution in [-0.4, -0.2) is 49.1 Å². The Labute approximate surface area is 91.8 Å². The Kier molecular flexibility index (Phi) is 4.14. The first-order chi connectivity index (χ1) is 6.84. The molecule has 0 amide bonds. The summed E-state index contributed by atoms with van der Waals surface area (Å²) >= 11 is 2.10. The van der Waals surface area contributed by atoms with E-state index in [1.807, 2.05) is 0 Å². The predicted molar refractivity (Wildman–Crippen MR) is 64.0 cm³/mol. The number of likely N-dealkylation sites (tertiary alicyclic amines) is 1. The minimum absolute atomic E-state index is 0.819. The van der Waals surface area contributed by atoms with E-state index in [1.54, 1.807) is 0 Å². The number of piperidine rings is 1. The molecule has 14 heavy (non-hydrogen) atoms. The first-order valence-corrected chi connectivity index (χ1v) is 7.00. The maximum absolute atomic E-state index is 3.73. The third kappa shape index (κ3) is 3.14. The second-order valence-corrected chi connectivity index (χ2v) is 5.87. The molecule has 0 saturated carbocycles. The molecule has 2 aliphatic rings. The van der Waals surface area contributed by atoms with Gasteiger partial charge < -0.3 is 10.2 Å². The summed E-state index contributed by atoms with van der Waals surface area (Å²) < 4.78 is 0. The highest BCUT2D eigenvalue weighted by Crippen LogP contribution is 2.19.